The Labute approximate surface area is 93.4 Å². The van der Waals surface area contributed by atoms with Gasteiger partial charge in [-0.25, -0.2) is 9.98 Å². The van der Waals surface area contributed by atoms with Crippen molar-refractivity contribution in [1.82, 2.24) is 4.98 Å². The van der Waals surface area contributed by atoms with Crippen molar-refractivity contribution >= 4 is 30.5 Å². The molecule has 1 rings (SSSR count). The van der Waals surface area contributed by atoms with Crippen LogP contribution in [0.1, 0.15) is 6.92 Å². The van der Waals surface area contributed by atoms with E-state index in [2.05, 4.69) is 27.0 Å². The minimum Gasteiger partial charge on any atom is -0.325 e. The van der Waals surface area contributed by atoms with Gasteiger partial charge in [0, 0.05) is 11.2 Å². The van der Waals surface area contributed by atoms with Crippen LogP contribution in [0.15, 0.2) is 40.2 Å². The standard InChI is InChI=1S/C10H11ClN4/c1-3-9(14-7-12-2)15-10-6-8(11)4-5-13-10/h3-7H,2H2,1H3,(H,13,15)/b9-3+,14-7-. The number of aliphatic imine (C=N–C) groups is 2. The zero-order valence-electron chi connectivity index (χ0n) is 8.31. The van der Waals surface area contributed by atoms with Crippen molar-refractivity contribution in [3.63, 3.8) is 0 Å². The summed E-state index contributed by atoms with van der Waals surface area (Å²) in [7, 11) is 0. The summed E-state index contributed by atoms with van der Waals surface area (Å²) in [6, 6.07) is 3.42. The van der Waals surface area contributed by atoms with Gasteiger partial charge < -0.3 is 5.32 Å². The van der Waals surface area contributed by atoms with Crippen LogP contribution in [0, 0.1) is 0 Å². The summed E-state index contributed by atoms with van der Waals surface area (Å²) >= 11 is 5.81. The highest BCUT2D eigenvalue weighted by molar-refractivity contribution is 6.30. The minimum absolute atomic E-state index is 0.619. The Kier molecular flexibility index (Phi) is 4.50. The Morgan fingerprint density at radius 1 is 1.67 bits per heavy atom. The lowest BCUT2D eigenvalue weighted by molar-refractivity contribution is 1.22. The number of nitrogens with one attached hydrogen (secondary N) is 1. The highest BCUT2D eigenvalue weighted by Crippen LogP contribution is 2.13. The molecule has 0 radical (unpaired) electrons. The third kappa shape index (κ3) is 3.91. The Morgan fingerprint density at radius 3 is 3.07 bits per heavy atom. The first-order valence-electron chi connectivity index (χ1n) is 4.29. The van der Waals surface area contributed by atoms with Crippen molar-refractivity contribution in [1.29, 1.82) is 0 Å². The van der Waals surface area contributed by atoms with Gasteiger partial charge in [-0.15, -0.1) is 0 Å². The molecule has 1 heterocycles. The molecule has 0 unspecified atom stereocenters. The lowest BCUT2D eigenvalue weighted by Gasteiger charge is -2.04. The summed E-state index contributed by atoms with van der Waals surface area (Å²) in [5, 5.41) is 3.60. The summed E-state index contributed by atoms with van der Waals surface area (Å²) in [6.07, 6.45) is 4.77. The average Bonchev–Trinajstić information content (AvgIpc) is 2.24. The van der Waals surface area contributed by atoms with E-state index in [0.29, 0.717) is 16.7 Å². The maximum Gasteiger partial charge on any atom is 0.132 e. The zero-order chi connectivity index (χ0) is 11.1. The second-order valence-electron chi connectivity index (χ2n) is 2.59. The molecule has 1 aromatic rings. The van der Waals surface area contributed by atoms with Gasteiger partial charge in [-0.2, -0.15) is 0 Å². The maximum atomic E-state index is 5.81. The van der Waals surface area contributed by atoms with Crippen LogP contribution in [0.5, 0.6) is 0 Å². The first-order chi connectivity index (χ1) is 7.26. The number of nitrogens with zero attached hydrogens (tertiary/aromatic N) is 3. The molecule has 1 N–H and O–H groups in total. The molecule has 0 saturated carbocycles. The van der Waals surface area contributed by atoms with Crippen LogP contribution in [-0.4, -0.2) is 18.0 Å². The van der Waals surface area contributed by atoms with Gasteiger partial charge in [0.05, 0.1) is 0 Å². The fourth-order valence-electron chi connectivity index (χ4n) is 0.886. The molecule has 5 heteroatoms. The number of anilines is 1. The van der Waals surface area contributed by atoms with Gasteiger partial charge in [-0.05, 0) is 31.9 Å². The second kappa shape index (κ2) is 5.93. The second-order valence-corrected chi connectivity index (χ2v) is 3.02. The average molecular weight is 223 g/mol. The molecule has 0 amide bonds. The molecule has 0 spiro atoms. The fourth-order valence-corrected chi connectivity index (χ4v) is 1.05. The fraction of sp³-hybridized carbons (Fsp3) is 0.100. The van der Waals surface area contributed by atoms with Crippen molar-refractivity contribution in [2.24, 2.45) is 9.98 Å². The number of hydrogen-bond donors (Lipinski definition) is 1. The van der Waals surface area contributed by atoms with E-state index in [1.807, 2.05) is 6.92 Å². The third-order valence-electron chi connectivity index (χ3n) is 1.53. The van der Waals surface area contributed by atoms with Gasteiger partial charge in [0.15, 0.2) is 0 Å². The van der Waals surface area contributed by atoms with Crippen LogP contribution in [-0.2, 0) is 0 Å². The molecule has 0 saturated heterocycles. The van der Waals surface area contributed by atoms with Gasteiger partial charge in [-0.3, -0.25) is 4.99 Å². The van der Waals surface area contributed by atoms with E-state index < -0.39 is 0 Å². The van der Waals surface area contributed by atoms with Crippen LogP contribution in [0.3, 0.4) is 0 Å². The van der Waals surface area contributed by atoms with Crippen molar-refractivity contribution in [2.45, 2.75) is 6.92 Å². The van der Waals surface area contributed by atoms with Gasteiger partial charge >= 0.3 is 0 Å². The monoisotopic (exact) mass is 222 g/mol. The molecule has 0 atom stereocenters. The molecular formula is C10H11ClN4. The number of rotatable bonds is 4. The molecule has 0 aromatic carbocycles. The molecule has 0 aliphatic heterocycles. The molecule has 0 aliphatic rings. The zero-order valence-corrected chi connectivity index (χ0v) is 9.07. The number of aromatic nitrogens is 1. The van der Waals surface area contributed by atoms with E-state index in [1.165, 1.54) is 6.34 Å². The number of allylic oxidation sites excluding steroid dienone is 1. The molecule has 4 nitrogen and oxygen atoms in total. The van der Waals surface area contributed by atoms with Crippen molar-refractivity contribution in [2.75, 3.05) is 5.32 Å². The van der Waals surface area contributed by atoms with E-state index in [0.717, 1.165) is 0 Å². The summed E-state index contributed by atoms with van der Waals surface area (Å²) in [5.41, 5.74) is 0. The summed E-state index contributed by atoms with van der Waals surface area (Å²) in [5.74, 6) is 1.27. The minimum atomic E-state index is 0.619. The Hall–Kier alpha value is -1.68. The van der Waals surface area contributed by atoms with E-state index in [-0.39, 0.29) is 0 Å². The third-order valence-corrected chi connectivity index (χ3v) is 1.77. The van der Waals surface area contributed by atoms with Crippen LogP contribution < -0.4 is 5.32 Å². The van der Waals surface area contributed by atoms with E-state index in [4.69, 9.17) is 11.6 Å². The number of halogens is 1. The Morgan fingerprint density at radius 2 is 2.47 bits per heavy atom. The van der Waals surface area contributed by atoms with Crippen LogP contribution in [0.2, 0.25) is 5.02 Å². The lowest BCUT2D eigenvalue weighted by Crippen LogP contribution is -1.98. The number of pyridine rings is 1. The first-order valence-corrected chi connectivity index (χ1v) is 4.67. The van der Waals surface area contributed by atoms with E-state index in [1.54, 1.807) is 24.4 Å². The van der Waals surface area contributed by atoms with Crippen molar-refractivity contribution in [3.05, 3.63) is 35.2 Å². The topological polar surface area (TPSA) is 49.6 Å². The normalized spacial score (nSPS) is 11.7. The summed E-state index contributed by atoms with van der Waals surface area (Å²) in [6.45, 7) is 5.15. The Balaban J connectivity index is 2.76. The predicted molar refractivity (Wildman–Crippen MR) is 64.7 cm³/mol. The SMILES string of the molecule is C=N/C=N\C(=C/C)Nc1cc(Cl)ccn1. The predicted octanol–water partition coefficient (Wildman–Crippen LogP) is 2.74. The number of hydrogen-bond acceptors (Lipinski definition) is 3. The summed E-state index contributed by atoms with van der Waals surface area (Å²) < 4.78 is 0. The molecule has 0 fully saturated rings. The van der Waals surface area contributed by atoms with Crippen molar-refractivity contribution in [3.8, 4) is 0 Å². The Bertz CT molecular complexity index is 398. The molecular weight excluding hydrogens is 212 g/mol. The van der Waals surface area contributed by atoms with Crippen LogP contribution >= 0.6 is 11.6 Å². The molecule has 78 valence electrons. The lowest BCUT2D eigenvalue weighted by atomic mass is 10.4. The van der Waals surface area contributed by atoms with Gasteiger partial charge in [-0.1, -0.05) is 11.6 Å². The van der Waals surface area contributed by atoms with Gasteiger partial charge in [0.25, 0.3) is 0 Å². The van der Waals surface area contributed by atoms with E-state index in [9.17, 15) is 0 Å². The molecule has 15 heavy (non-hydrogen) atoms. The van der Waals surface area contributed by atoms with Gasteiger partial charge in [0.1, 0.15) is 18.0 Å². The first kappa shape index (κ1) is 11.4. The summed E-state index contributed by atoms with van der Waals surface area (Å²) in [4.78, 5) is 11.6. The van der Waals surface area contributed by atoms with Crippen molar-refractivity contribution < 1.29 is 0 Å². The quantitative estimate of drug-likeness (QED) is 0.629. The van der Waals surface area contributed by atoms with Gasteiger partial charge in [0.2, 0.25) is 0 Å². The molecule has 1 aromatic heterocycles. The van der Waals surface area contributed by atoms with Crippen LogP contribution in [0.4, 0.5) is 5.82 Å². The maximum absolute atomic E-state index is 5.81. The van der Waals surface area contributed by atoms with E-state index >= 15 is 0 Å². The highest BCUT2D eigenvalue weighted by Gasteiger charge is 1.96. The smallest absolute Gasteiger partial charge is 0.132 e. The highest BCUT2D eigenvalue weighted by atomic mass is 35.5. The largest absolute Gasteiger partial charge is 0.325 e. The van der Waals surface area contributed by atoms with Crippen LogP contribution in [0.25, 0.3) is 0 Å². The molecule has 0 bridgehead atoms. The molecule has 0 aliphatic carbocycles.